The van der Waals surface area contributed by atoms with Gasteiger partial charge in [-0.2, -0.15) is 0 Å². The molecule has 2 atom stereocenters. The minimum atomic E-state index is -0.734. The van der Waals surface area contributed by atoms with Gasteiger partial charge >= 0.3 is 0 Å². The van der Waals surface area contributed by atoms with Crippen LogP contribution in [-0.2, 0) is 0 Å². The standard InChI is InChI=1S/C9H8BrFO2/c1-4-8(12)6-2-5(11)3-7(10)9(6)13-4/h2-4,8,12H,1H3. The van der Waals surface area contributed by atoms with E-state index >= 15 is 0 Å². The molecule has 0 bridgehead atoms. The first kappa shape index (κ1) is 8.97. The fourth-order valence-corrected chi connectivity index (χ4v) is 1.97. The zero-order valence-electron chi connectivity index (χ0n) is 6.92. The summed E-state index contributed by atoms with van der Waals surface area (Å²) < 4.78 is 18.8. The molecule has 2 nitrogen and oxygen atoms in total. The van der Waals surface area contributed by atoms with Gasteiger partial charge in [0, 0.05) is 5.56 Å². The molecule has 0 radical (unpaired) electrons. The predicted molar refractivity (Wildman–Crippen MR) is 49.1 cm³/mol. The Bertz CT molecular complexity index is 354. The smallest absolute Gasteiger partial charge is 0.140 e. The maximum atomic E-state index is 12.9. The van der Waals surface area contributed by atoms with Gasteiger partial charge in [-0.25, -0.2) is 4.39 Å². The minimum absolute atomic E-state index is 0.312. The zero-order valence-corrected chi connectivity index (χ0v) is 8.51. The molecule has 0 aromatic heterocycles. The first-order chi connectivity index (χ1) is 6.09. The minimum Gasteiger partial charge on any atom is -0.486 e. The molecule has 0 amide bonds. The van der Waals surface area contributed by atoms with Crippen LogP contribution < -0.4 is 4.74 Å². The molecule has 1 heterocycles. The zero-order chi connectivity index (χ0) is 9.59. The summed E-state index contributed by atoms with van der Waals surface area (Å²) >= 11 is 3.18. The van der Waals surface area contributed by atoms with Crippen LogP contribution in [-0.4, -0.2) is 11.2 Å². The number of halogens is 2. The van der Waals surface area contributed by atoms with Crippen molar-refractivity contribution >= 4 is 15.9 Å². The fraction of sp³-hybridized carbons (Fsp3) is 0.333. The lowest BCUT2D eigenvalue weighted by atomic mass is 10.1. The monoisotopic (exact) mass is 246 g/mol. The topological polar surface area (TPSA) is 29.5 Å². The van der Waals surface area contributed by atoms with Crippen molar-refractivity contribution in [2.45, 2.75) is 19.1 Å². The molecule has 0 aliphatic carbocycles. The van der Waals surface area contributed by atoms with E-state index in [4.69, 9.17) is 4.74 Å². The van der Waals surface area contributed by atoms with E-state index in [1.807, 2.05) is 0 Å². The van der Waals surface area contributed by atoms with Crippen molar-refractivity contribution in [3.63, 3.8) is 0 Å². The van der Waals surface area contributed by atoms with E-state index in [0.717, 1.165) is 0 Å². The number of benzene rings is 1. The van der Waals surface area contributed by atoms with Crippen LogP contribution in [0.15, 0.2) is 16.6 Å². The first-order valence-corrected chi connectivity index (χ1v) is 4.72. The van der Waals surface area contributed by atoms with Crippen LogP contribution in [0.3, 0.4) is 0 Å². The molecular weight excluding hydrogens is 239 g/mol. The van der Waals surface area contributed by atoms with E-state index in [9.17, 15) is 9.50 Å². The van der Waals surface area contributed by atoms with Crippen LogP contribution in [0, 0.1) is 5.82 Å². The van der Waals surface area contributed by atoms with Gasteiger partial charge in [0.15, 0.2) is 0 Å². The molecule has 1 aliphatic rings. The molecule has 1 aromatic carbocycles. The van der Waals surface area contributed by atoms with Crippen molar-refractivity contribution in [1.29, 1.82) is 0 Å². The highest BCUT2D eigenvalue weighted by Crippen LogP contribution is 2.41. The summed E-state index contributed by atoms with van der Waals surface area (Å²) in [6.45, 7) is 1.75. The van der Waals surface area contributed by atoms with E-state index in [1.54, 1.807) is 6.92 Å². The van der Waals surface area contributed by atoms with Gasteiger partial charge in [-0.05, 0) is 35.0 Å². The Hall–Kier alpha value is -0.610. The predicted octanol–water partition coefficient (Wildman–Crippen LogP) is 2.40. The van der Waals surface area contributed by atoms with Crippen molar-refractivity contribution < 1.29 is 14.2 Å². The summed E-state index contributed by atoms with van der Waals surface area (Å²) in [7, 11) is 0. The summed E-state index contributed by atoms with van der Waals surface area (Å²) in [6.07, 6.45) is -1.05. The third kappa shape index (κ3) is 1.34. The average molecular weight is 247 g/mol. The van der Waals surface area contributed by atoms with Gasteiger partial charge in [0.25, 0.3) is 0 Å². The molecule has 1 aliphatic heterocycles. The lowest BCUT2D eigenvalue weighted by Crippen LogP contribution is -2.12. The number of ether oxygens (including phenoxy) is 1. The maximum Gasteiger partial charge on any atom is 0.140 e. The van der Waals surface area contributed by atoms with Crippen LogP contribution in [0.1, 0.15) is 18.6 Å². The largest absolute Gasteiger partial charge is 0.486 e. The highest BCUT2D eigenvalue weighted by atomic mass is 79.9. The Balaban J connectivity index is 2.57. The number of hydrogen-bond donors (Lipinski definition) is 1. The maximum absolute atomic E-state index is 12.9. The van der Waals surface area contributed by atoms with Gasteiger partial charge in [0.05, 0.1) is 4.47 Å². The van der Waals surface area contributed by atoms with Crippen LogP contribution in [0.5, 0.6) is 5.75 Å². The van der Waals surface area contributed by atoms with Gasteiger partial charge in [0.1, 0.15) is 23.8 Å². The second-order valence-corrected chi connectivity index (χ2v) is 3.93. The van der Waals surface area contributed by atoms with Crippen molar-refractivity contribution in [3.8, 4) is 5.75 Å². The van der Waals surface area contributed by atoms with Crippen molar-refractivity contribution in [2.75, 3.05) is 0 Å². The first-order valence-electron chi connectivity index (χ1n) is 3.93. The summed E-state index contributed by atoms with van der Waals surface area (Å²) in [6, 6.07) is 2.62. The Kier molecular flexibility index (Phi) is 2.04. The second-order valence-electron chi connectivity index (χ2n) is 3.07. The Morgan fingerprint density at radius 2 is 2.23 bits per heavy atom. The van der Waals surface area contributed by atoms with E-state index in [-0.39, 0.29) is 11.9 Å². The molecule has 2 rings (SSSR count). The molecular formula is C9H8BrFO2. The molecule has 0 saturated heterocycles. The van der Waals surface area contributed by atoms with E-state index < -0.39 is 6.10 Å². The van der Waals surface area contributed by atoms with Crippen molar-refractivity contribution in [3.05, 3.63) is 28.0 Å². The van der Waals surface area contributed by atoms with Gasteiger partial charge in [-0.1, -0.05) is 0 Å². The lowest BCUT2D eigenvalue weighted by Gasteiger charge is -2.06. The Morgan fingerprint density at radius 3 is 2.92 bits per heavy atom. The molecule has 70 valence electrons. The highest BCUT2D eigenvalue weighted by Gasteiger charge is 2.31. The second kappa shape index (κ2) is 2.96. The Morgan fingerprint density at radius 1 is 1.54 bits per heavy atom. The normalized spacial score (nSPS) is 25.5. The molecule has 0 spiro atoms. The summed E-state index contributed by atoms with van der Waals surface area (Å²) in [5.41, 5.74) is 0.513. The van der Waals surface area contributed by atoms with E-state index in [0.29, 0.717) is 15.8 Å². The fourth-order valence-electron chi connectivity index (χ4n) is 1.43. The summed E-state index contributed by atoms with van der Waals surface area (Å²) in [5, 5.41) is 9.59. The molecule has 13 heavy (non-hydrogen) atoms. The third-order valence-electron chi connectivity index (χ3n) is 2.10. The van der Waals surface area contributed by atoms with Gasteiger partial charge in [-0.15, -0.1) is 0 Å². The number of rotatable bonds is 0. The summed E-state index contributed by atoms with van der Waals surface area (Å²) in [5.74, 6) is 0.170. The molecule has 1 N–H and O–H groups in total. The van der Waals surface area contributed by atoms with Gasteiger partial charge in [0.2, 0.25) is 0 Å². The van der Waals surface area contributed by atoms with E-state index in [1.165, 1.54) is 12.1 Å². The number of fused-ring (bicyclic) bond motifs is 1. The molecule has 4 heteroatoms. The quantitative estimate of drug-likeness (QED) is 0.762. The third-order valence-corrected chi connectivity index (χ3v) is 2.69. The van der Waals surface area contributed by atoms with E-state index in [2.05, 4.69) is 15.9 Å². The lowest BCUT2D eigenvalue weighted by molar-refractivity contribution is 0.0793. The van der Waals surface area contributed by atoms with Crippen LogP contribution >= 0.6 is 15.9 Å². The van der Waals surface area contributed by atoms with Crippen molar-refractivity contribution in [1.82, 2.24) is 0 Å². The van der Waals surface area contributed by atoms with Gasteiger partial charge < -0.3 is 9.84 Å². The average Bonchev–Trinajstić information content (AvgIpc) is 2.32. The van der Waals surface area contributed by atoms with Crippen molar-refractivity contribution in [2.24, 2.45) is 0 Å². The SMILES string of the molecule is CC1Oc2c(Br)cc(F)cc2C1O. The number of hydrogen-bond acceptors (Lipinski definition) is 2. The van der Waals surface area contributed by atoms with Crippen LogP contribution in [0.25, 0.3) is 0 Å². The van der Waals surface area contributed by atoms with Crippen LogP contribution in [0.2, 0.25) is 0 Å². The molecule has 2 unspecified atom stereocenters. The number of aliphatic hydroxyl groups is 1. The highest BCUT2D eigenvalue weighted by molar-refractivity contribution is 9.10. The Labute approximate surface area is 83.5 Å². The summed E-state index contributed by atoms with van der Waals surface area (Å²) in [4.78, 5) is 0. The number of aliphatic hydroxyl groups excluding tert-OH is 1. The molecule has 0 fully saturated rings. The van der Waals surface area contributed by atoms with Crippen LogP contribution in [0.4, 0.5) is 4.39 Å². The molecule has 1 aromatic rings. The van der Waals surface area contributed by atoms with Gasteiger partial charge in [-0.3, -0.25) is 0 Å². The molecule has 0 saturated carbocycles.